The zero-order chi connectivity index (χ0) is 24.7. The monoisotopic (exact) mass is 543 g/mol. The Morgan fingerprint density at radius 2 is 1.74 bits per heavy atom. The summed E-state index contributed by atoms with van der Waals surface area (Å²) >= 11 is 15.7. The van der Waals surface area contributed by atoms with Crippen LogP contribution in [0.5, 0.6) is 0 Å². The van der Waals surface area contributed by atoms with Crippen LogP contribution >= 0.6 is 46.3 Å². The molecular formula is C26H23Cl2N3O2S2. The van der Waals surface area contributed by atoms with Gasteiger partial charge in [-0.3, -0.25) is 14.5 Å². The number of halogens is 2. The van der Waals surface area contributed by atoms with Gasteiger partial charge in [-0.1, -0.05) is 96.5 Å². The van der Waals surface area contributed by atoms with E-state index < -0.39 is 0 Å². The molecule has 0 bridgehead atoms. The lowest BCUT2D eigenvalue weighted by Gasteiger charge is -2.41. The molecule has 0 spiro atoms. The first kappa shape index (κ1) is 24.5. The number of hydrogen-bond acceptors (Lipinski definition) is 6. The van der Waals surface area contributed by atoms with Crippen molar-refractivity contribution < 1.29 is 9.59 Å². The molecule has 0 saturated heterocycles. The Bertz CT molecular complexity index is 1350. The highest BCUT2D eigenvalue weighted by Crippen LogP contribution is 2.49. The highest BCUT2D eigenvalue weighted by Gasteiger charge is 2.45. The number of carbonyl (C=O) groups excluding carboxylic acids is 2. The van der Waals surface area contributed by atoms with E-state index in [-0.39, 0.29) is 29.4 Å². The van der Waals surface area contributed by atoms with Gasteiger partial charge in [0.25, 0.3) is 0 Å². The second-order valence-corrected chi connectivity index (χ2v) is 12.5. The lowest BCUT2D eigenvalue weighted by Crippen LogP contribution is -2.43. The van der Waals surface area contributed by atoms with E-state index in [9.17, 15) is 9.59 Å². The van der Waals surface area contributed by atoms with Crippen molar-refractivity contribution in [1.29, 1.82) is 0 Å². The maximum Gasteiger partial charge on any atom is 0.234 e. The van der Waals surface area contributed by atoms with Crippen LogP contribution in [-0.4, -0.2) is 21.9 Å². The first-order chi connectivity index (χ1) is 16.7. The number of benzene rings is 2. The molecule has 1 atom stereocenters. The zero-order valence-electron chi connectivity index (χ0n) is 19.3. The lowest BCUT2D eigenvalue weighted by molar-refractivity contribution is -0.121. The second kappa shape index (κ2) is 9.69. The molecule has 9 heteroatoms. The molecule has 0 radical (unpaired) electrons. The minimum absolute atomic E-state index is 0.0662. The maximum atomic E-state index is 13.5. The van der Waals surface area contributed by atoms with Gasteiger partial charge in [0.15, 0.2) is 10.1 Å². The van der Waals surface area contributed by atoms with Crippen molar-refractivity contribution in [3.8, 4) is 0 Å². The van der Waals surface area contributed by atoms with E-state index in [0.29, 0.717) is 39.3 Å². The summed E-state index contributed by atoms with van der Waals surface area (Å²) in [5.41, 5.74) is 2.97. The van der Waals surface area contributed by atoms with Crippen LogP contribution < -0.4 is 4.90 Å². The quantitative estimate of drug-likeness (QED) is 0.249. The molecule has 5 nitrogen and oxygen atoms in total. The minimum atomic E-state index is -0.354. The second-order valence-electron chi connectivity index (χ2n) is 9.54. The summed E-state index contributed by atoms with van der Waals surface area (Å²) in [6.07, 6.45) is 1.20. The zero-order valence-corrected chi connectivity index (χ0v) is 22.4. The Hall–Kier alpha value is -2.19. The molecule has 2 aliphatic rings. The molecule has 0 fully saturated rings. The van der Waals surface area contributed by atoms with E-state index in [1.165, 1.54) is 23.1 Å². The van der Waals surface area contributed by atoms with Gasteiger partial charge in [-0.2, -0.15) is 0 Å². The van der Waals surface area contributed by atoms with Crippen LogP contribution in [-0.2, 0) is 15.3 Å². The van der Waals surface area contributed by atoms with Gasteiger partial charge in [0.05, 0.1) is 0 Å². The summed E-state index contributed by atoms with van der Waals surface area (Å²) in [6, 6.07) is 15.1. The highest BCUT2D eigenvalue weighted by atomic mass is 35.5. The van der Waals surface area contributed by atoms with Crippen molar-refractivity contribution in [2.45, 2.75) is 49.1 Å². The summed E-state index contributed by atoms with van der Waals surface area (Å²) in [6.45, 7) is 4.11. The Kier molecular flexibility index (Phi) is 6.79. The molecule has 180 valence electrons. The molecule has 0 unspecified atom stereocenters. The first-order valence-electron chi connectivity index (χ1n) is 11.3. The molecule has 35 heavy (non-hydrogen) atoms. The van der Waals surface area contributed by atoms with E-state index in [1.807, 2.05) is 42.5 Å². The smallest absolute Gasteiger partial charge is 0.234 e. The average molecular weight is 545 g/mol. The highest BCUT2D eigenvalue weighted by molar-refractivity contribution is 8.00. The van der Waals surface area contributed by atoms with Gasteiger partial charge in [0, 0.05) is 45.8 Å². The predicted octanol–water partition coefficient (Wildman–Crippen LogP) is 7.30. The molecular weight excluding hydrogens is 521 g/mol. The summed E-state index contributed by atoms with van der Waals surface area (Å²) in [4.78, 5) is 28.6. The third-order valence-corrected chi connectivity index (χ3v) is 9.12. The molecule has 0 saturated carbocycles. The van der Waals surface area contributed by atoms with Crippen LogP contribution in [0.2, 0.25) is 10.0 Å². The van der Waals surface area contributed by atoms with Crippen molar-refractivity contribution in [3.05, 3.63) is 81.0 Å². The largest absolute Gasteiger partial charge is 0.294 e. The average Bonchev–Trinajstić information content (AvgIpc) is 3.25. The summed E-state index contributed by atoms with van der Waals surface area (Å²) in [7, 11) is 0. The Labute approximate surface area is 222 Å². The van der Waals surface area contributed by atoms with Crippen LogP contribution in [0.1, 0.15) is 50.2 Å². The van der Waals surface area contributed by atoms with E-state index in [2.05, 4.69) is 24.0 Å². The van der Waals surface area contributed by atoms with Crippen LogP contribution in [0.3, 0.4) is 0 Å². The van der Waals surface area contributed by atoms with Crippen LogP contribution in [0, 0.1) is 5.41 Å². The van der Waals surface area contributed by atoms with Crippen molar-refractivity contribution in [2.24, 2.45) is 5.41 Å². The molecule has 1 aliphatic carbocycles. The molecule has 1 aromatic heterocycles. The minimum Gasteiger partial charge on any atom is -0.294 e. The molecule has 1 aliphatic heterocycles. The van der Waals surface area contributed by atoms with E-state index in [1.54, 1.807) is 11.0 Å². The molecule has 1 amide bonds. The van der Waals surface area contributed by atoms with Crippen molar-refractivity contribution in [1.82, 2.24) is 10.2 Å². The van der Waals surface area contributed by atoms with Crippen molar-refractivity contribution >= 4 is 63.1 Å². The Morgan fingerprint density at radius 1 is 1.03 bits per heavy atom. The summed E-state index contributed by atoms with van der Waals surface area (Å²) in [5, 5.41) is 10.4. The standard InChI is InChI=1S/C26H23Cl2N3O2S2/c1-26(2)12-20-23(21(32)13-26)17(16-8-4-6-10-19(16)28)11-22(33)31(20)24-29-30-25(35-24)34-14-15-7-3-5-9-18(15)27/h3-10,17H,11-14H2,1-2H3/t17-/m1/s1. The van der Waals surface area contributed by atoms with Crippen molar-refractivity contribution in [2.75, 3.05) is 4.90 Å². The fourth-order valence-electron chi connectivity index (χ4n) is 4.77. The van der Waals surface area contributed by atoms with Gasteiger partial charge >= 0.3 is 0 Å². The Morgan fingerprint density at radius 3 is 2.49 bits per heavy atom. The van der Waals surface area contributed by atoms with Crippen LogP contribution in [0.15, 0.2) is 64.1 Å². The molecule has 2 heterocycles. The van der Waals surface area contributed by atoms with Gasteiger partial charge in [0.1, 0.15) is 0 Å². The summed E-state index contributed by atoms with van der Waals surface area (Å²) in [5.74, 6) is 0.263. The van der Waals surface area contributed by atoms with E-state index in [0.717, 1.165) is 21.2 Å². The number of nitrogens with zero attached hydrogens (tertiary/aromatic N) is 3. The Balaban J connectivity index is 1.51. The van der Waals surface area contributed by atoms with Gasteiger partial charge in [-0.05, 0) is 35.1 Å². The SMILES string of the molecule is CC1(C)CC(=O)C2=C(C1)N(c1nnc(SCc3ccccc3Cl)s1)C(=O)C[C@@H]2c1ccccc1Cl. The van der Waals surface area contributed by atoms with Gasteiger partial charge < -0.3 is 0 Å². The number of carbonyl (C=O) groups is 2. The summed E-state index contributed by atoms with van der Waals surface area (Å²) < 4.78 is 0.740. The van der Waals surface area contributed by atoms with E-state index >= 15 is 0 Å². The third-order valence-electron chi connectivity index (χ3n) is 6.32. The van der Waals surface area contributed by atoms with Crippen molar-refractivity contribution in [3.63, 3.8) is 0 Å². The number of rotatable bonds is 5. The van der Waals surface area contributed by atoms with Gasteiger partial charge in [-0.25, -0.2) is 0 Å². The van der Waals surface area contributed by atoms with Crippen LogP contribution in [0.25, 0.3) is 0 Å². The molecule has 2 aromatic carbocycles. The number of anilines is 1. The number of aromatic nitrogens is 2. The fourth-order valence-corrected chi connectivity index (χ4v) is 7.20. The van der Waals surface area contributed by atoms with Crippen LogP contribution in [0.4, 0.5) is 5.13 Å². The molecule has 3 aromatic rings. The van der Waals surface area contributed by atoms with Gasteiger partial charge in [-0.15, -0.1) is 10.2 Å². The molecule has 0 N–H and O–H groups in total. The normalized spacial score (nSPS) is 19.8. The fraction of sp³-hybridized carbons (Fsp3) is 0.308. The molecule has 5 rings (SSSR count). The van der Waals surface area contributed by atoms with E-state index in [4.69, 9.17) is 23.2 Å². The number of amides is 1. The number of hydrogen-bond donors (Lipinski definition) is 0. The predicted molar refractivity (Wildman–Crippen MR) is 142 cm³/mol. The lowest BCUT2D eigenvalue weighted by atomic mass is 9.69. The number of Topliss-reactive ketones (excluding diaryl/α,β-unsaturated/α-hetero) is 1. The maximum absolute atomic E-state index is 13.5. The number of ketones is 1. The first-order valence-corrected chi connectivity index (χ1v) is 13.8. The number of allylic oxidation sites excluding steroid dienone is 2. The number of thioether (sulfide) groups is 1. The third kappa shape index (κ3) is 4.92. The van der Waals surface area contributed by atoms with Gasteiger partial charge in [0.2, 0.25) is 11.0 Å². The topological polar surface area (TPSA) is 63.2 Å².